The second kappa shape index (κ2) is 8.99. The van der Waals surface area contributed by atoms with Crippen LogP contribution in [-0.2, 0) is 0 Å². The van der Waals surface area contributed by atoms with Gasteiger partial charge in [0.05, 0.1) is 11.9 Å². The zero-order valence-electron chi connectivity index (χ0n) is 16.5. The molecule has 4 aromatic rings. The Labute approximate surface area is 180 Å². The average molecular weight is 423 g/mol. The van der Waals surface area contributed by atoms with Gasteiger partial charge in [-0.3, -0.25) is 0 Å². The van der Waals surface area contributed by atoms with Crippen LogP contribution >= 0.6 is 23.4 Å². The summed E-state index contributed by atoms with van der Waals surface area (Å²) in [6.07, 6.45) is 3.03. The molecule has 0 saturated heterocycles. The maximum atomic E-state index is 6.08. The number of halogens is 1. The molecule has 0 amide bonds. The summed E-state index contributed by atoms with van der Waals surface area (Å²) in [4.78, 5) is 7.18. The van der Waals surface area contributed by atoms with Crippen molar-refractivity contribution in [1.82, 2.24) is 19.5 Å². The van der Waals surface area contributed by atoms with E-state index in [1.807, 2.05) is 64.9 Å². The fourth-order valence-electron chi connectivity index (χ4n) is 3.19. The van der Waals surface area contributed by atoms with Gasteiger partial charge >= 0.3 is 0 Å². The van der Waals surface area contributed by atoms with Crippen LogP contribution in [-0.4, -0.2) is 45.9 Å². The highest BCUT2D eigenvalue weighted by molar-refractivity contribution is 7.99. The van der Waals surface area contributed by atoms with Gasteiger partial charge in [0.25, 0.3) is 0 Å². The van der Waals surface area contributed by atoms with Crippen molar-refractivity contribution in [3.63, 3.8) is 0 Å². The highest BCUT2D eigenvalue weighted by Gasteiger charge is 2.14. The van der Waals surface area contributed by atoms with E-state index in [2.05, 4.69) is 42.3 Å². The quantitative estimate of drug-likeness (QED) is 0.215. The lowest BCUT2D eigenvalue weighted by molar-refractivity contribution is 0.410. The molecule has 2 aromatic carbocycles. The van der Waals surface area contributed by atoms with Crippen LogP contribution in [0.1, 0.15) is 6.42 Å². The standard InChI is InChI=1S/C23H23ClN4S/c1-27(2)13-6-14-29-22-15-21(18-9-11-19(24)12-10-18)26-23-20(16-25-28(22)23)17-7-4-3-5-8-17/h3-5,7-12,15-16H,6,13-14H2,1-2H3. The lowest BCUT2D eigenvalue weighted by Gasteiger charge is -2.11. The summed E-state index contributed by atoms with van der Waals surface area (Å²) in [7, 11) is 4.21. The Bertz CT molecular complexity index is 1090. The van der Waals surface area contributed by atoms with Crippen LogP contribution in [0.15, 0.2) is 71.9 Å². The maximum absolute atomic E-state index is 6.08. The SMILES string of the molecule is CN(C)CCCSc1cc(-c2ccc(Cl)cc2)nc2c(-c3ccccc3)cnn12. The van der Waals surface area contributed by atoms with Crippen LogP contribution in [0, 0.1) is 0 Å². The van der Waals surface area contributed by atoms with Crippen LogP contribution in [0.2, 0.25) is 5.02 Å². The first kappa shape index (κ1) is 20.0. The summed E-state index contributed by atoms with van der Waals surface area (Å²) in [5.74, 6) is 1.03. The molecule has 4 nitrogen and oxygen atoms in total. The maximum Gasteiger partial charge on any atom is 0.164 e. The number of aromatic nitrogens is 3. The van der Waals surface area contributed by atoms with Gasteiger partial charge in [0.1, 0.15) is 5.03 Å². The lowest BCUT2D eigenvalue weighted by Crippen LogP contribution is -2.13. The van der Waals surface area contributed by atoms with Gasteiger partial charge in [-0.15, -0.1) is 11.8 Å². The number of benzene rings is 2. The Hall–Kier alpha value is -2.34. The number of thioether (sulfide) groups is 1. The molecular formula is C23H23ClN4S. The molecule has 2 aromatic heterocycles. The summed E-state index contributed by atoms with van der Waals surface area (Å²) in [6, 6.07) is 20.3. The van der Waals surface area contributed by atoms with E-state index in [0.29, 0.717) is 0 Å². The summed E-state index contributed by atoms with van der Waals surface area (Å²) in [6.45, 7) is 1.07. The van der Waals surface area contributed by atoms with E-state index in [4.69, 9.17) is 16.6 Å². The fourth-order valence-corrected chi connectivity index (χ4v) is 4.24. The summed E-state index contributed by atoms with van der Waals surface area (Å²) >= 11 is 7.90. The van der Waals surface area contributed by atoms with Crippen LogP contribution in [0.25, 0.3) is 28.0 Å². The molecule has 0 N–H and O–H groups in total. The first-order valence-electron chi connectivity index (χ1n) is 9.59. The van der Waals surface area contributed by atoms with E-state index in [1.54, 1.807) is 0 Å². The van der Waals surface area contributed by atoms with Crippen molar-refractivity contribution in [3.05, 3.63) is 71.9 Å². The number of hydrogen-bond donors (Lipinski definition) is 0. The van der Waals surface area contributed by atoms with Crippen molar-refractivity contribution in [3.8, 4) is 22.4 Å². The minimum Gasteiger partial charge on any atom is -0.309 e. The van der Waals surface area contributed by atoms with Crippen molar-refractivity contribution in [2.75, 3.05) is 26.4 Å². The molecule has 0 fully saturated rings. The molecule has 0 bridgehead atoms. The fraction of sp³-hybridized carbons (Fsp3) is 0.217. The van der Waals surface area contributed by atoms with Gasteiger partial charge in [0, 0.05) is 21.9 Å². The summed E-state index contributed by atoms with van der Waals surface area (Å²) < 4.78 is 1.96. The highest BCUT2D eigenvalue weighted by Crippen LogP contribution is 2.31. The van der Waals surface area contributed by atoms with Gasteiger partial charge in [-0.1, -0.05) is 54.1 Å². The van der Waals surface area contributed by atoms with Crippen molar-refractivity contribution in [2.45, 2.75) is 11.4 Å². The molecular weight excluding hydrogens is 400 g/mol. The van der Waals surface area contributed by atoms with Crippen LogP contribution in [0.5, 0.6) is 0 Å². The van der Waals surface area contributed by atoms with Crippen LogP contribution in [0.3, 0.4) is 0 Å². The Morgan fingerprint density at radius 2 is 1.76 bits per heavy atom. The Morgan fingerprint density at radius 1 is 1.00 bits per heavy atom. The summed E-state index contributed by atoms with van der Waals surface area (Å²) in [5.41, 5.74) is 5.01. The van der Waals surface area contributed by atoms with E-state index in [0.717, 1.165) is 56.8 Å². The molecule has 29 heavy (non-hydrogen) atoms. The van der Waals surface area contributed by atoms with Gasteiger partial charge < -0.3 is 4.90 Å². The smallest absolute Gasteiger partial charge is 0.164 e. The summed E-state index contributed by atoms with van der Waals surface area (Å²) in [5, 5.41) is 6.48. The highest BCUT2D eigenvalue weighted by atomic mass is 35.5. The minimum absolute atomic E-state index is 0.724. The molecule has 4 rings (SSSR count). The van der Waals surface area contributed by atoms with Crippen molar-refractivity contribution in [1.29, 1.82) is 0 Å². The molecule has 148 valence electrons. The second-order valence-electron chi connectivity index (χ2n) is 7.15. The predicted octanol–water partition coefficient (Wildman–Crippen LogP) is 5.76. The normalized spacial score (nSPS) is 11.4. The molecule has 0 radical (unpaired) electrons. The third kappa shape index (κ3) is 4.64. The van der Waals surface area contributed by atoms with E-state index >= 15 is 0 Å². The average Bonchev–Trinajstić information content (AvgIpc) is 3.16. The zero-order chi connectivity index (χ0) is 20.2. The van der Waals surface area contributed by atoms with Gasteiger partial charge in [-0.25, -0.2) is 9.50 Å². The zero-order valence-corrected chi connectivity index (χ0v) is 18.1. The number of fused-ring (bicyclic) bond motifs is 1. The third-order valence-electron chi connectivity index (χ3n) is 4.66. The van der Waals surface area contributed by atoms with Gasteiger partial charge in [-0.05, 0) is 50.8 Å². The minimum atomic E-state index is 0.724. The Kier molecular flexibility index (Phi) is 6.19. The Balaban J connectivity index is 1.77. The first-order valence-corrected chi connectivity index (χ1v) is 11.0. The molecule has 0 aliphatic heterocycles. The third-order valence-corrected chi connectivity index (χ3v) is 5.99. The van der Waals surface area contributed by atoms with Crippen LogP contribution in [0.4, 0.5) is 0 Å². The van der Waals surface area contributed by atoms with Gasteiger partial charge in [-0.2, -0.15) is 5.10 Å². The molecule has 2 heterocycles. The number of nitrogens with zero attached hydrogens (tertiary/aromatic N) is 4. The molecule has 6 heteroatoms. The second-order valence-corrected chi connectivity index (χ2v) is 8.70. The molecule has 0 atom stereocenters. The molecule has 0 saturated carbocycles. The topological polar surface area (TPSA) is 33.4 Å². The molecule has 0 aliphatic rings. The largest absolute Gasteiger partial charge is 0.309 e. The van der Waals surface area contributed by atoms with E-state index in [-0.39, 0.29) is 0 Å². The van der Waals surface area contributed by atoms with Crippen molar-refractivity contribution >= 4 is 29.0 Å². The Morgan fingerprint density at radius 3 is 2.48 bits per heavy atom. The van der Waals surface area contributed by atoms with Gasteiger partial charge in [0.15, 0.2) is 5.65 Å². The molecule has 0 aliphatic carbocycles. The number of hydrogen-bond acceptors (Lipinski definition) is 4. The van der Waals surface area contributed by atoms with Crippen LogP contribution < -0.4 is 0 Å². The van der Waals surface area contributed by atoms with E-state index in [1.165, 1.54) is 0 Å². The first-order chi connectivity index (χ1) is 14.1. The van der Waals surface area contributed by atoms with Gasteiger partial charge in [0.2, 0.25) is 0 Å². The lowest BCUT2D eigenvalue weighted by atomic mass is 10.1. The van der Waals surface area contributed by atoms with E-state index in [9.17, 15) is 0 Å². The van der Waals surface area contributed by atoms with E-state index < -0.39 is 0 Å². The monoisotopic (exact) mass is 422 g/mol. The van der Waals surface area contributed by atoms with Crippen molar-refractivity contribution in [2.24, 2.45) is 0 Å². The predicted molar refractivity (Wildman–Crippen MR) is 123 cm³/mol. The number of rotatable bonds is 7. The molecule has 0 spiro atoms. The van der Waals surface area contributed by atoms with Crippen molar-refractivity contribution < 1.29 is 0 Å². The molecule has 0 unspecified atom stereocenters.